The molecule has 0 bridgehead atoms. The third-order valence-electron chi connectivity index (χ3n) is 4.29. The summed E-state index contributed by atoms with van der Waals surface area (Å²) in [6.07, 6.45) is 0.467. The Balaban J connectivity index is 1.43. The molecular formula is C14H21F3N4. The van der Waals surface area contributed by atoms with Crippen LogP contribution >= 0.6 is 0 Å². The SMILES string of the molecule is FC(F)(F)c1cc(CN2CCC(NCC3CC3)CC2)[nH]n1. The van der Waals surface area contributed by atoms with Crippen molar-refractivity contribution in [3.63, 3.8) is 0 Å². The molecule has 0 spiro atoms. The van der Waals surface area contributed by atoms with Gasteiger partial charge in [-0.1, -0.05) is 0 Å². The van der Waals surface area contributed by atoms with Crippen molar-refractivity contribution in [2.45, 2.75) is 44.4 Å². The molecule has 0 atom stereocenters. The highest BCUT2D eigenvalue weighted by atomic mass is 19.4. The van der Waals surface area contributed by atoms with Gasteiger partial charge in [-0.15, -0.1) is 0 Å². The molecule has 0 amide bonds. The Hall–Kier alpha value is -1.08. The molecule has 118 valence electrons. The minimum absolute atomic E-state index is 0.512. The molecule has 2 N–H and O–H groups in total. The first-order valence-corrected chi connectivity index (χ1v) is 7.58. The predicted octanol–water partition coefficient (Wildman–Crippen LogP) is 2.39. The van der Waals surface area contributed by atoms with Gasteiger partial charge in [0.25, 0.3) is 0 Å². The molecular weight excluding hydrogens is 281 g/mol. The van der Waals surface area contributed by atoms with Crippen LogP contribution in [0.15, 0.2) is 6.07 Å². The van der Waals surface area contributed by atoms with Crippen molar-refractivity contribution in [3.8, 4) is 0 Å². The molecule has 7 heteroatoms. The lowest BCUT2D eigenvalue weighted by molar-refractivity contribution is -0.141. The number of rotatable bonds is 5. The number of hydrogen-bond donors (Lipinski definition) is 2. The fraction of sp³-hybridized carbons (Fsp3) is 0.786. The van der Waals surface area contributed by atoms with Crippen molar-refractivity contribution in [1.29, 1.82) is 0 Å². The summed E-state index contributed by atoms with van der Waals surface area (Å²) in [6, 6.07) is 1.67. The number of likely N-dealkylation sites (tertiary alicyclic amines) is 1. The van der Waals surface area contributed by atoms with Crippen molar-refractivity contribution >= 4 is 0 Å². The number of nitrogens with one attached hydrogen (secondary N) is 2. The van der Waals surface area contributed by atoms with Gasteiger partial charge < -0.3 is 5.32 Å². The lowest BCUT2D eigenvalue weighted by atomic mass is 10.0. The third-order valence-corrected chi connectivity index (χ3v) is 4.29. The largest absolute Gasteiger partial charge is 0.435 e. The van der Waals surface area contributed by atoms with E-state index in [1.807, 2.05) is 0 Å². The highest BCUT2D eigenvalue weighted by molar-refractivity contribution is 5.11. The average molecular weight is 302 g/mol. The lowest BCUT2D eigenvalue weighted by Crippen LogP contribution is -2.42. The standard InChI is InChI=1S/C14H21F3N4/c15-14(16,17)13-7-12(19-20-13)9-21-5-3-11(4-6-21)18-8-10-1-2-10/h7,10-11,18H,1-6,8-9H2,(H,19,20). The molecule has 1 aliphatic heterocycles. The summed E-state index contributed by atoms with van der Waals surface area (Å²) in [6.45, 7) is 3.48. The van der Waals surface area contributed by atoms with E-state index in [1.165, 1.54) is 12.8 Å². The van der Waals surface area contributed by atoms with Crippen molar-refractivity contribution in [3.05, 3.63) is 17.5 Å². The first-order chi connectivity index (χ1) is 10.0. The number of aromatic nitrogens is 2. The number of H-pyrrole nitrogens is 1. The van der Waals surface area contributed by atoms with E-state index in [1.54, 1.807) is 0 Å². The monoisotopic (exact) mass is 302 g/mol. The molecule has 1 aromatic heterocycles. The summed E-state index contributed by atoms with van der Waals surface area (Å²) < 4.78 is 37.4. The van der Waals surface area contributed by atoms with Gasteiger partial charge in [0.2, 0.25) is 0 Å². The Morgan fingerprint density at radius 1 is 1.24 bits per heavy atom. The number of halogens is 3. The minimum atomic E-state index is -4.37. The summed E-state index contributed by atoms with van der Waals surface area (Å²) in [4.78, 5) is 2.18. The van der Waals surface area contributed by atoms with Crippen LogP contribution in [0.3, 0.4) is 0 Å². The van der Waals surface area contributed by atoms with Gasteiger partial charge in [0.15, 0.2) is 5.69 Å². The number of nitrogens with zero attached hydrogens (tertiary/aromatic N) is 2. The summed E-state index contributed by atoms with van der Waals surface area (Å²) in [5.74, 6) is 0.883. The minimum Gasteiger partial charge on any atom is -0.314 e. The van der Waals surface area contributed by atoms with E-state index in [9.17, 15) is 13.2 Å². The van der Waals surface area contributed by atoms with Gasteiger partial charge in [-0.3, -0.25) is 10.00 Å². The molecule has 1 aliphatic carbocycles. The first kappa shape index (κ1) is 14.8. The van der Waals surface area contributed by atoms with E-state index < -0.39 is 11.9 Å². The van der Waals surface area contributed by atoms with E-state index >= 15 is 0 Å². The molecule has 21 heavy (non-hydrogen) atoms. The fourth-order valence-electron chi connectivity index (χ4n) is 2.78. The van der Waals surface area contributed by atoms with Crippen molar-refractivity contribution in [2.24, 2.45) is 5.92 Å². The Labute approximate surface area is 122 Å². The van der Waals surface area contributed by atoms with Crippen LogP contribution in [-0.2, 0) is 12.7 Å². The van der Waals surface area contributed by atoms with Gasteiger partial charge in [0, 0.05) is 31.4 Å². The molecule has 1 saturated heterocycles. The van der Waals surface area contributed by atoms with Crippen LogP contribution < -0.4 is 5.32 Å². The van der Waals surface area contributed by atoms with Crippen LogP contribution in [-0.4, -0.2) is 40.8 Å². The molecule has 4 nitrogen and oxygen atoms in total. The molecule has 0 unspecified atom stereocenters. The highest BCUT2D eigenvalue weighted by Crippen LogP contribution is 2.29. The van der Waals surface area contributed by atoms with E-state index in [2.05, 4.69) is 20.4 Å². The average Bonchev–Trinajstić information content (AvgIpc) is 3.14. The van der Waals surface area contributed by atoms with Crippen LogP contribution in [0.4, 0.5) is 13.2 Å². The zero-order valence-electron chi connectivity index (χ0n) is 11.9. The molecule has 2 fully saturated rings. The van der Waals surface area contributed by atoms with Gasteiger partial charge in [-0.25, -0.2) is 0 Å². The van der Waals surface area contributed by atoms with E-state index in [0.717, 1.165) is 44.5 Å². The Morgan fingerprint density at radius 3 is 2.52 bits per heavy atom. The summed E-state index contributed by atoms with van der Waals surface area (Å²) >= 11 is 0. The maximum absolute atomic E-state index is 12.5. The maximum atomic E-state index is 12.5. The fourth-order valence-corrected chi connectivity index (χ4v) is 2.78. The lowest BCUT2D eigenvalue weighted by Gasteiger charge is -2.32. The van der Waals surface area contributed by atoms with Crippen molar-refractivity contribution < 1.29 is 13.2 Å². The van der Waals surface area contributed by atoms with Crippen LogP contribution in [0.5, 0.6) is 0 Å². The zero-order chi connectivity index (χ0) is 14.9. The third kappa shape index (κ3) is 4.20. The summed E-state index contributed by atoms with van der Waals surface area (Å²) in [7, 11) is 0. The second kappa shape index (κ2) is 5.96. The molecule has 3 rings (SSSR count). The van der Waals surface area contributed by atoms with Crippen molar-refractivity contribution in [2.75, 3.05) is 19.6 Å². The zero-order valence-corrected chi connectivity index (χ0v) is 11.9. The van der Waals surface area contributed by atoms with Gasteiger partial charge in [-0.2, -0.15) is 18.3 Å². The molecule has 2 aliphatic rings. The summed E-state index contributed by atoms with van der Waals surface area (Å²) in [5, 5.41) is 9.42. The van der Waals surface area contributed by atoms with Crippen LogP contribution in [0.2, 0.25) is 0 Å². The number of hydrogen-bond acceptors (Lipinski definition) is 3. The van der Waals surface area contributed by atoms with Crippen molar-refractivity contribution in [1.82, 2.24) is 20.4 Å². The normalized spacial score (nSPS) is 21.9. The topological polar surface area (TPSA) is 44.0 Å². The molecule has 0 radical (unpaired) electrons. The Bertz CT molecular complexity index is 459. The number of aromatic amines is 1. The highest BCUT2D eigenvalue weighted by Gasteiger charge is 2.34. The molecule has 0 aromatic carbocycles. The molecule has 1 aromatic rings. The van der Waals surface area contributed by atoms with E-state index in [4.69, 9.17) is 0 Å². The van der Waals surface area contributed by atoms with Gasteiger partial charge in [0.1, 0.15) is 0 Å². The van der Waals surface area contributed by atoms with Gasteiger partial charge in [0.05, 0.1) is 0 Å². The smallest absolute Gasteiger partial charge is 0.314 e. The Kier molecular flexibility index (Phi) is 4.21. The quantitative estimate of drug-likeness (QED) is 0.878. The van der Waals surface area contributed by atoms with Crippen LogP contribution in [0.25, 0.3) is 0 Å². The molecule has 1 saturated carbocycles. The van der Waals surface area contributed by atoms with Gasteiger partial charge >= 0.3 is 6.18 Å². The first-order valence-electron chi connectivity index (χ1n) is 7.58. The van der Waals surface area contributed by atoms with Gasteiger partial charge in [-0.05, 0) is 44.2 Å². The van der Waals surface area contributed by atoms with E-state index in [-0.39, 0.29) is 0 Å². The second-order valence-electron chi connectivity index (χ2n) is 6.18. The predicted molar refractivity (Wildman–Crippen MR) is 72.6 cm³/mol. The van der Waals surface area contributed by atoms with Crippen LogP contribution in [0, 0.1) is 5.92 Å². The number of piperidine rings is 1. The van der Waals surface area contributed by atoms with Crippen LogP contribution in [0.1, 0.15) is 37.1 Å². The molecule has 2 heterocycles. The van der Waals surface area contributed by atoms with E-state index in [0.29, 0.717) is 18.3 Å². The summed E-state index contributed by atoms with van der Waals surface area (Å²) in [5.41, 5.74) is -0.301. The second-order valence-corrected chi connectivity index (χ2v) is 6.18. The maximum Gasteiger partial charge on any atom is 0.435 e. The number of alkyl halides is 3. The Morgan fingerprint density at radius 2 is 1.95 bits per heavy atom.